The summed E-state index contributed by atoms with van der Waals surface area (Å²) in [7, 11) is 1.63. The highest BCUT2D eigenvalue weighted by Crippen LogP contribution is 2.28. The Labute approximate surface area is 187 Å². The minimum Gasteiger partial charge on any atom is -0.497 e. The predicted molar refractivity (Wildman–Crippen MR) is 120 cm³/mol. The SMILES string of the molecule is COc1ccc(CNC(=O)C[C@H]2CCNC[C@@H]2Cc2cc(-c3ccc(F)cc3)on2)cc1. The lowest BCUT2D eigenvalue weighted by atomic mass is 9.81. The van der Waals surface area contributed by atoms with Crippen molar-refractivity contribution in [1.82, 2.24) is 15.8 Å². The molecule has 0 spiro atoms. The van der Waals surface area contributed by atoms with Crippen LogP contribution in [0.5, 0.6) is 5.75 Å². The summed E-state index contributed by atoms with van der Waals surface area (Å²) in [5, 5.41) is 10.7. The van der Waals surface area contributed by atoms with Gasteiger partial charge in [0.25, 0.3) is 0 Å². The van der Waals surface area contributed by atoms with Crippen LogP contribution in [-0.2, 0) is 17.8 Å². The van der Waals surface area contributed by atoms with E-state index in [0.29, 0.717) is 24.6 Å². The number of carbonyl (C=O) groups excluding carboxylic acids is 1. The van der Waals surface area contributed by atoms with Crippen LogP contribution < -0.4 is 15.4 Å². The molecule has 0 bridgehead atoms. The minimum atomic E-state index is -0.283. The molecule has 2 heterocycles. The van der Waals surface area contributed by atoms with Crippen molar-refractivity contribution in [3.63, 3.8) is 0 Å². The monoisotopic (exact) mass is 437 g/mol. The second-order valence-electron chi connectivity index (χ2n) is 8.24. The van der Waals surface area contributed by atoms with Crippen molar-refractivity contribution >= 4 is 5.91 Å². The number of carbonyl (C=O) groups is 1. The quantitative estimate of drug-likeness (QED) is 0.558. The molecule has 1 amide bonds. The molecule has 1 saturated heterocycles. The number of piperidine rings is 1. The summed E-state index contributed by atoms with van der Waals surface area (Å²) in [4.78, 5) is 12.6. The van der Waals surface area contributed by atoms with E-state index in [1.165, 1.54) is 12.1 Å². The molecule has 0 aliphatic carbocycles. The van der Waals surface area contributed by atoms with Crippen LogP contribution in [0.2, 0.25) is 0 Å². The summed E-state index contributed by atoms with van der Waals surface area (Å²) >= 11 is 0. The lowest BCUT2D eigenvalue weighted by Crippen LogP contribution is -2.40. The van der Waals surface area contributed by atoms with Crippen LogP contribution >= 0.6 is 0 Å². The molecule has 2 aromatic carbocycles. The number of ether oxygens (including phenoxy) is 1. The van der Waals surface area contributed by atoms with Crippen LogP contribution in [0.25, 0.3) is 11.3 Å². The lowest BCUT2D eigenvalue weighted by molar-refractivity contribution is -0.122. The molecule has 1 aromatic heterocycles. The summed E-state index contributed by atoms with van der Waals surface area (Å²) < 4.78 is 23.8. The van der Waals surface area contributed by atoms with Gasteiger partial charge in [-0.05, 0) is 79.7 Å². The van der Waals surface area contributed by atoms with Crippen LogP contribution in [0.3, 0.4) is 0 Å². The largest absolute Gasteiger partial charge is 0.497 e. The Hall–Kier alpha value is -3.19. The Balaban J connectivity index is 1.32. The Kier molecular flexibility index (Phi) is 7.17. The van der Waals surface area contributed by atoms with Crippen molar-refractivity contribution in [3.8, 4) is 17.1 Å². The number of hydrogen-bond donors (Lipinski definition) is 2. The molecule has 0 radical (unpaired) electrons. The molecule has 0 saturated carbocycles. The maximum atomic E-state index is 13.2. The van der Waals surface area contributed by atoms with Crippen molar-refractivity contribution in [2.45, 2.75) is 25.8 Å². The van der Waals surface area contributed by atoms with E-state index in [1.807, 2.05) is 30.3 Å². The maximum Gasteiger partial charge on any atom is 0.220 e. The second kappa shape index (κ2) is 10.4. The van der Waals surface area contributed by atoms with Crippen molar-refractivity contribution < 1.29 is 18.4 Å². The molecule has 0 unspecified atom stereocenters. The van der Waals surface area contributed by atoms with Crippen molar-refractivity contribution in [2.24, 2.45) is 11.8 Å². The minimum absolute atomic E-state index is 0.0601. The Bertz CT molecular complexity index is 1020. The summed E-state index contributed by atoms with van der Waals surface area (Å²) in [6, 6.07) is 15.8. The van der Waals surface area contributed by atoms with Crippen molar-refractivity contribution in [1.29, 1.82) is 0 Å². The highest BCUT2D eigenvalue weighted by Gasteiger charge is 2.28. The fourth-order valence-corrected chi connectivity index (χ4v) is 4.17. The Morgan fingerprint density at radius 1 is 1.19 bits per heavy atom. The molecular weight excluding hydrogens is 409 g/mol. The molecule has 4 rings (SSSR count). The summed E-state index contributed by atoms with van der Waals surface area (Å²) in [6.45, 7) is 2.25. The van der Waals surface area contributed by atoms with Crippen molar-refractivity contribution in [3.05, 3.63) is 71.7 Å². The first-order valence-electron chi connectivity index (χ1n) is 10.9. The summed E-state index contributed by atoms with van der Waals surface area (Å²) in [6.07, 6.45) is 2.17. The molecule has 3 aromatic rings. The molecular formula is C25H28FN3O3. The zero-order chi connectivity index (χ0) is 22.3. The number of halogens is 1. The van der Waals surface area contributed by atoms with Crippen LogP contribution in [-0.4, -0.2) is 31.3 Å². The molecule has 6 nitrogen and oxygen atoms in total. The van der Waals surface area contributed by atoms with E-state index in [1.54, 1.807) is 19.2 Å². The number of aromatic nitrogens is 1. The van der Waals surface area contributed by atoms with Crippen molar-refractivity contribution in [2.75, 3.05) is 20.2 Å². The number of benzene rings is 2. The average molecular weight is 438 g/mol. The first-order valence-corrected chi connectivity index (χ1v) is 10.9. The molecule has 32 heavy (non-hydrogen) atoms. The third-order valence-electron chi connectivity index (χ3n) is 6.02. The Morgan fingerprint density at radius 3 is 2.72 bits per heavy atom. The van der Waals surface area contributed by atoms with Gasteiger partial charge < -0.3 is 19.9 Å². The number of nitrogens with zero attached hydrogens (tertiary/aromatic N) is 1. The third kappa shape index (κ3) is 5.73. The molecule has 2 atom stereocenters. The third-order valence-corrected chi connectivity index (χ3v) is 6.02. The van der Waals surface area contributed by atoms with Gasteiger partial charge in [-0.15, -0.1) is 0 Å². The Morgan fingerprint density at radius 2 is 1.97 bits per heavy atom. The smallest absolute Gasteiger partial charge is 0.220 e. The molecule has 1 fully saturated rings. The normalized spacial score (nSPS) is 18.3. The first-order chi connectivity index (χ1) is 15.6. The van der Waals surface area contributed by atoms with E-state index in [2.05, 4.69) is 15.8 Å². The molecule has 1 aliphatic heterocycles. The van der Waals surface area contributed by atoms with Gasteiger partial charge in [0.2, 0.25) is 5.91 Å². The van der Waals surface area contributed by atoms with E-state index < -0.39 is 0 Å². The zero-order valence-corrected chi connectivity index (χ0v) is 18.1. The van der Waals surface area contributed by atoms with Gasteiger partial charge >= 0.3 is 0 Å². The topological polar surface area (TPSA) is 76.4 Å². The van der Waals surface area contributed by atoms with Gasteiger partial charge in [-0.25, -0.2) is 4.39 Å². The van der Waals surface area contributed by atoms with Gasteiger partial charge in [-0.1, -0.05) is 17.3 Å². The molecule has 168 valence electrons. The van der Waals surface area contributed by atoms with Crippen LogP contribution in [0, 0.1) is 17.7 Å². The predicted octanol–water partition coefficient (Wildman–Crippen LogP) is 3.96. The van der Waals surface area contributed by atoms with E-state index in [9.17, 15) is 9.18 Å². The fourth-order valence-electron chi connectivity index (χ4n) is 4.17. The number of nitrogens with one attached hydrogen (secondary N) is 2. The lowest BCUT2D eigenvalue weighted by Gasteiger charge is -2.31. The van der Waals surface area contributed by atoms with Gasteiger partial charge in [0.15, 0.2) is 5.76 Å². The average Bonchev–Trinajstić information content (AvgIpc) is 3.28. The van der Waals surface area contributed by atoms with Gasteiger partial charge in [0, 0.05) is 24.6 Å². The number of hydrogen-bond acceptors (Lipinski definition) is 5. The van der Waals surface area contributed by atoms with Gasteiger partial charge in [-0.3, -0.25) is 4.79 Å². The highest BCUT2D eigenvalue weighted by atomic mass is 19.1. The van der Waals surface area contributed by atoms with Gasteiger partial charge in [0.05, 0.1) is 12.8 Å². The summed E-state index contributed by atoms with van der Waals surface area (Å²) in [5.74, 6) is 1.77. The van der Waals surface area contributed by atoms with E-state index in [-0.39, 0.29) is 17.6 Å². The molecule has 2 N–H and O–H groups in total. The summed E-state index contributed by atoms with van der Waals surface area (Å²) in [5.41, 5.74) is 2.68. The zero-order valence-electron chi connectivity index (χ0n) is 18.1. The van der Waals surface area contributed by atoms with E-state index in [4.69, 9.17) is 9.26 Å². The van der Waals surface area contributed by atoms with E-state index in [0.717, 1.165) is 48.5 Å². The first kappa shape index (κ1) is 22.0. The second-order valence-corrected chi connectivity index (χ2v) is 8.24. The maximum absolute atomic E-state index is 13.2. The van der Waals surface area contributed by atoms with Gasteiger partial charge in [-0.2, -0.15) is 0 Å². The number of methoxy groups -OCH3 is 1. The van der Waals surface area contributed by atoms with Gasteiger partial charge in [0.1, 0.15) is 11.6 Å². The number of amides is 1. The van der Waals surface area contributed by atoms with E-state index >= 15 is 0 Å². The molecule has 1 aliphatic rings. The fraction of sp³-hybridized carbons (Fsp3) is 0.360. The van der Waals surface area contributed by atoms with Crippen LogP contribution in [0.15, 0.2) is 59.1 Å². The number of rotatable bonds is 8. The highest BCUT2D eigenvalue weighted by molar-refractivity contribution is 5.76. The molecule has 7 heteroatoms. The standard InChI is InChI=1S/C25H28FN3O3/c1-31-23-8-2-17(3-9-23)15-28-25(30)13-19-10-11-27-16-20(19)12-22-14-24(32-29-22)18-4-6-21(26)7-5-18/h2-9,14,19-20,27H,10-13,15-16H2,1H3,(H,28,30)/t19-,20+/m1/s1. The van der Waals surface area contributed by atoms with Crippen LogP contribution in [0.1, 0.15) is 24.1 Å². The van der Waals surface area contributed by atoms with Crippen LogP contribution in [0.4, 0.5) is 4.39 Å².